The van der Waals surface area contributed by atoms with Crippen molar-refractivity contribution in [2.75, 3.05) is 10.8 Å². The van der Waals surface area contributed by atoms with Crippen LogP contribution in [0.5, 0.6) is 0 Å². The van der Waals surface area contributed by atoms with Gasteiger partial charge in [0.15, 0.2) is 0 Å². The number of aryl methyl sites for hydroxylation is 3. The van der Waals surface area contributed by atoms with Crippen molar-refractivity contribution in [1.29, 1.82) is 0 Å². The Hall–Kier alpha value is -2.34. The molecule has 0 aromatic heterocycles. The van der Waals surface area contributed by atoms with E-state index in [1.165, 1.54) is 4.31 Å². The van der Waals surface area contributed by atoms with E-state index in [4.69, 9.17) is 0 Å². The first kappa shape index (κ1) is 22.0. The molecule has 0 bridgehead atoms. The number of carbonyl (C=O) groups is 1. The van der Waals surface area contributed by atoms with E-state index in [2.05, 4.69) is 5.32 Å². The molecule has 6 heteroatoms. The Labute approximate surface area is 168 Å². The highest BCUT2D eigenvalue weighted by atomic mass is 32.2. The Kier molecular flexibility index (Phi) is 6.88. The normalized spacial score (nSPS) is 12.7. The first-order chi connectivity index (χ1) is 13.0. The summed E-state index contributed by atoms with van der Waals surface area (Å²) >= 11 is 0. The number of nitrogens with zero attached hydrogens (tertiary/aromatic N) is 1. The minimum atomic E-state index is -3.88. The van der Waals surface area contributed by atoms with Crippen LogP contribution in [0.4, 0.5) is 5.69 Å². The number of benzene rings is 2. The number of sulfonamides is 1. The van der Waals surface area contributed by atoms with Crippen molar-refractivity contribution >= 4 is 21.6 Å². The van der Waals surface area contributed by atoms with E-state index in [0.29, 0.717) is 5.69 Å². The van der Waals surface area contributed by atoms with Gasteiger partial charge in [-0.1, -0.05) is 49.2 Å². The van der Waals surface area contributed by atoms with Gasteiger partial charge in [0.2, 0.25) is 5.91 Å². The van der Waals surface area contributed by atoms with E-state index in [0.717, 1.165) is 16.7 Å². The summed E-state index contributed by atoms with van der Waals surface area (Å²) < 4.78 is 28.0. The van der Waals surface area contributed by atoms with Gasteiger partial charge in [0.25, 0.3) is 10.0 Å². The van der Waals surface area contributed by atoms with Crippen molar-refractivity contribution in [3.05, 3.63) is 59.2 Å². The monoisotopic (exact) mass is 402 g/mol. The zero-order valence-electron chi connectivity index (χ0n) is 17.5. The van der Waals surface area contributed by atoms with Crippen LogP contribution in [-0.2, 0) is 14.8 Å². The van der Waals surface area contributed by atoms with Crippen LogP contribution in [0.25, 0.3) is 0 Å². The van der Waals surface area contributed by atoms with Gasteiger partial charge in [-0.25, -0.2) is 8.42 Å². The highest BCUT2D eigenvalue weighted by Crippen LogP contribution is 2.27. The summed E-state index contributed by atoms with van der Waals surface area (Å²) in [7, 11) is -3.88. The summed E-state index contributed by atoms with van der Waals surface area (Å²) in [5.74, 6) is -0.0657. The molecule has 1 N–H and O–H groups in total. The second-order valence-corrected chi connectivity index (χ2v) is 9.58. The van der Waals surface area contributed by atoms with E-state index in [-0.39, 0.29) is 29.3 Å². The van der Waals surface area contributed by atoms with Crippen LogP contribution in [-0.4, -0.2) is 26.9 Å². The van der Waals surface area contributed by atoms with Crippen molar-refractivity contribution in [2.45, 2.75) is 52.5 Å². The lowest BCUT2D eigenvalue weighted by Gasteiger charge is -2.27. The quantitative estimate of drug-likeness (QED) is 0.762. The Balaban J connectivity index is 2.46. The third-order valence-corrected chi connectivity index (χ3v) is 6.68. The van der Waals surface area contributed by atoms with Gasteiger partial charge in [0, 0.05) is 6.04 Å². The van der Waals surface area contributed by atoms with Crippen LogP contribution in [0.1, 0.15) is 37.5 Å². The second kappa shape index (κ2) is 8.78. The van der Waals surface area contributed by atoms with Gasteiger partial charge in [0.1, 0.15) is 6.54 Å². The summed E-state index contributed by atoms with van der Waals surface area (Å²) in [6.45, 7) is 11.4. The van der Waals surface area contributed by atoms with Crippen molar-refractivity contribution in [3.63, 3.8) is 0 Å². The molecule has 2 aromatic rings. The summed E-state index contributed by atoms with van der Waals surface area (Å²) in [4.78, 5) is 12.8. The Morgan fingerprint density at radius 1 is 0.964 bits per heavy atom. The molecule has 0 saturated carbocycles. The van der Waals surface area contributed by atoms with Gasteiger partial charge < -0.3 is 5.32 Å². The molecule has 28 heavy (non-hydrogen) atoms. The summed E-state index contributed by atoms with van der Waals surface area (Å²) in [6, 6.07) is 12.2. The SMILES string of the molecule is Cc1ccc(S(=O)(=O)N(CC(=O)N[C@@H](C)C(C)C)c2ccc(C)cc2C)cc1. The van der Waals surface area contributed by atoms with Crippen LogP contribution in [0.3, 0.4) is 0 Å². The largest absolute Gasteiger partial charge is 0.352 e. The zero-order valence-corrected chi connectivity index (χ0v) is 18.3. The average molecular weight is 403 g/mol. The molecule has 5 nitrogen and oxygen atoms in total. The van der Waals surface area contributed by atoms with Gasteiger partial charge >= 0.3 is 0 Å². The van der Waals surface area contributed by atoms with Crippen molar-refractivity contribution in [2.24, 2.45) is 5.92 Å². The van der Waals surface area contributed by atoms with E-state index >= 15 is 0 Å². The van der Waals surface area contributed by atoms with Crippen molar-refractivity contribution in [1.82, 2.24) is 5.32 Å². The van der Waals surface area contributed by atoms with Gasteiger partial charge in [-0.05, 0) is 57.4 Å². The lowest BCUT2D eigenvalue weighted by atomic mass is 10.1. The fraction of sp³-hybridized carbons (Fsp3) is 0.409. The molecule has 2 aromatic carbocycles. The summed E-state index contributed by atoms with van der Waals surface area (Å²) in [5.41, 5.74) is 3.33. The predicted molar refractivity (Wildman–Crippen MR) is 114 cm³/mol. The molecule has 0 heterocycles. The Morgan fingerprint density at radius 2 is 1.54 bits per heavy atom. The first-order valence-corrected chi connectivity index (χ1v) is 10.9. The minimum Gasteiger partial charge on any atom is -0.352 e. The maximum atomic E-state index is 13.4. The zero-order chi connectivity index (χ0) is 21.1. The molecule has 0 radical (unpaired) electrons. The number of hydrogen-bond donors (Lipinski definition) is 1. The van der Waals surface area contributed by atoms with Gasteiger partial charge in [-0.15, -0.1) is 0 Å². The Morgan fingerprint density at radius 3 is 2.07 bits per heavy atom. The number of hydrogen-bond acceptors (Lipinski definition) is 3. The first-order valence-electron chi connectivity index (χ1n) is 9.48. The summed E-state index contributed by atoms with van der Waals surface area (Å²) in [6.07, 6.45) is 0. The third kappa shape index (κ3) is 5.13. The number of rotatable bonds is 7. The van der Waals surface area contributed by atoms with Crippen LogP contribution in [0, 0.1) is 26.7 Å². The number of amides is 1. The fourth-order valence-corrected chi connectivity index (χ4v) is 4.30. The smallest absolute Gasteiger partial charge is 0.264 e. The van der Waals surface area contributed by atoms with Crippen molar-refractivity contribution < 1.29 is 13.2 Å². The molecule has 2 rings (SSSR count). The molecule has 0 aliphatic rings. The van der Waals surface area contributed by atoms with Crippen LogP contribution < -0.4 is 9.62 Å². The van der Waals surface area contributed by atoms with E-state index in [9.17, 15) is 13.2 Å². The highest BCUT2D eigenvalue weighted by molar-refractivity contribution is 7.92. The molecule has 0 fully saturated rings. The molecule has 0 aliphatic heterocycles. The molecule has 1 atom stereocenters. The standard InChI is InChI=1S/C22H30N2O3S/c1-15(2)19(6)23-22(25)14-24(21-12-9-17(4)13-18(21)5)28(26,27)20-10-7-16(3)8-11-20/h7-13,15,19H,14H2,1-6H3,(H,23,25)/t19-/m0/s1. The highest BCUT2D eigenvalue weighted by Gasteiger charge is 2.28. The topological polar surface area (TPSA) is 66.5 Å². The van der Waals surface area contributed by atoms with Crippen LogP contribution in [0.2, 0.25) is 0 Å². The molecule has 0 spiro atoms. The molecule has 0 saturated heterocycles. The number of carbonyl (C=O) groups excluding carboxylic acids is 1. The second-order valence-electron chi connectivity index (χ2n) is 7.71. The van der Waals surface area contributed by atoms with Gasteiger partial charge in [0.05, 0.1) is 10.6 Å². The molecular formula is C22H30N2O3S. The molecule has 0 unspecified atom stereocenters. The van der Waals surface area contributed by atoms with E-state index in [1.807, 2.05) is 53.7 Å². The van der Waals surface area contributed by atoms with E-state index in [1.54, 1.807) is 30.3 Å². The maximum absolute atomic E-state index is 13.4. The van der Waals surface area contributed by atoms with Crippen molar-refractivity contribution in [3.8, 4) is 0 Å². The average Bonchev–Trinajstić information content (AvgIpc) is 2.60. The number of anilines is 1. The molecule has 0 aliphatic carbocycles. The van der Waals surface area contributed by atoms with Gasteiger partial charge in [-0.3, -0.25) is 9.10 Å². The molecular weight excluding hydrogens is 372 g/mol. The lowest BCUT2D eigenvalue weighted by molar-refractivity contribution is -0.120. The minimum absolute atomic E-state index is 0.0458. The third-order valence-electron chi connectivity index (χ3n) is 4.91. The lowest BCUT2D eigenvalue weighted by Crippen LogP contribution is -2.45. The Bertz CT molecular complexity index is 935. The fourth-order valence-electron chi connectivity index (χ4n) is 2.82. The number of nitrogens with one attached hydrogen (secondary N) is 1. The summed E-state index contributed by atoms with van der Waals surface area (Å²) in [5, 5.41) is 2.90. The predicted octanol–water partition coefficient (Wildman–Crippen LogP) is 3.97. The van der Waals surface area contributed by atoms with Crippen LogP contribution >= 0.6 is 0 Å². The maximum Gasteiger partial charge on any atom is 0.264 e. The van der Waals surface area contributed by atoms with Crippen LogP contribution in [0.15, 0.2) is 47.4 Å². The van der Waals surface area contributed by atoms with Gasteiger partial charge in [-0.2, -0.15) is 0 Å². The van der Waals surface area contributed by atoms with E-state index < -0.39 is 10.0 Å². The molecule has 152 valence electrons. The molecule has 1 amide bonds.